The number of fused-ring (bicyclic) bond motifs is 1. The van der Waals surface area contributed by atoms with Crippen molar-refractivity contribution >= 4 is 17.1 Å². The van der Waals surface area contributed by atoms with Crippen molar-refractivity contribution in [2.24, 2.45) is 0 Å². The van der Waals surface area contributed by atoms with Crippen molar-refractivity contribution in [1.29, 1.82) is 5.26 Å². The summed E-state index contributed by atoms with van der Waals surface area (Å²) in [5.74, 6) is 0.570. The fourth-order valence-corrected chi connectivity index (χ4v) is 1.50. The molecule has 0 aromatic carbocycles. The molecule has 17 heavy (non-hydrogen) atoms. The van der Waals surface area contributed by atoms with Crippen LogP contribution in [0.2, 0.25) is 0 Å². The van der Waals surface area contributed by atoms with Crippen molar-refractivity contribution in [3.8, 4) is 11.9 Å². The Morgan fingerprint density at radius 2 is 2.29 bits per heavy atom. The summed E-state index contributed by atoms with van der Waals surface area (Å²) in [5.41, 5.74) is 6.96. The minimum absolute atomic E-state index is 0.105. The maximum Gasteiger partial charge on any atom is 0.224 e. The van der Waals surface area contributed by atoms with Crippen molar-refractivity contribution in [3.05, 3.63) is 24.3 Å². The quantitative estimate of drug-likeness (QED) is 0.601. The first kappa shape index (κ1) is 9.29. The molecule has 8 heteroatoms. The predicted octanol–water partition coefficient (Wildman–Crippen LogP) is -0.00752. The molecule has 0 bridgehead atoms. The summed E-state index contributed by atoms with van der Waals surface area (Å²) in [4.78, 5) is 15.0. The number of nitrogens with one attached hydrogen (secondary N) is 1. The minimum Gasteiger partial charge on any atom is -0.368 e. The van der Waals surface area contributed by atoms with Crippen LogP contribution in [-0.2, 0) is 0 Å². The van der Waals surface area contributed by atoms with Crippen LogP contribution < -0.4 is 5.73 Å². The third-order valence-electron chi connectivity index (χ3n) is 2.20. The number of anilines is 1. The molecule has 3 rings (SSSR count). The molecule has 3 heterocycles. The molecule has 0 aliphatic rings. The van der Waals surface area contributed by atoms with E-state index >= 15 is 0 Å². The van der Waals surface area contributed by atoms with E-state index in [-0.39, 0.29) is 5.95 Å². The van der Waals surface area contributed by atoms with E-state index < -0.39 is 0 Å². The maximum atomic E-state index is 8.72. The minimum atomic E-state index is 0.105. The van der Waals surface area contributed by atoms with E-state index in [1.165, 1.54) is 11.0 Å². The highest BCUT2D eigenvalue weighted by atomic mass is 15.3. The monoisotopic (exact) mass is 226 g/mol. The van der Waals surface area contributed by atoms with E-state index in [0.29, 0.717) is 22.7 Å². The lowest BCUT2D eigenvalue weighted by atomic mass is 10.5. The number of nitriles is 1. The second kappa shape index (κ2) is 3.28. The Balaban J connectivity index is 2.29. The number of hydrogen-bond donors (Lipinski definition) is 2. The lowest BCUT2D eigenvalue weighted by molar-refractivity contribution is 0.845. The summed E-state index contributed by atoms with van der Waals surface area (Å²) < 4.78 is 1.46. The highest BCUT2D eigenvalue weighted by Gasteiger charge is 2.11. The van der Waals surface area contributed by atoms with Crippen molar-refractivity contribution < 1.29 is 0 Å². The fourth-order valence-electron chi connectivity index (χ4n) is 1.50. The van der Waals surface area contributed by atoms with Crippen LogP contribution in [-0.4, -0.2) is 29.7 Å². The van der Waals surface area contributed by atoms with Crippen LogP contribution in [0.5, 0.6) is 0 Å². The van der Waals surface area contributed by atoms with Gasteiger partial charge in [0.25, 0.3) is 0 Å². The number of rotatable bonds is 1. The second-order valence-corrected chi connectivity index (χ2v) is 3.26. The Hall–Kier alpha value is -2.95. The van der Waals surface area contributed by atoms with Crippen LogP contribution in [0.1, 0.15) is 5.69 Å². The van der Waals surface area contributed by atoms with Gasteiger partial charge >= 0.3 is 0 Å². The number of H-pyrrole nitrogens is 1. The summed E-state index contributed by atoms with van der Waals surface area (Å²) in [6.45, 7) is 0. The Labute approximate surface area is 94.7 Å². The number of aromatic amines is 1. The molecule has 0 atom stereocenters. The summed E-state index contributed by atoms with van der Waals surface area (Å²) in [6, 6.07) is 3.53. The van der Waals surface area contributed by atoms with Crippen LogP contribution in [0.15, 0.2) is 18.6 Å². The van der Waals surface area contributed by atoms with Gasteiger partial charge in [0.15, 0.2) is 17.2 Å². The molecular formula is C9H6N8. The normalized spacial score (nSPS) is 10.5. The van der Waals surface area contributed by atoms with Crippen LogP contribution in [0.3, 0.4) is 0 Å². The average molecular weight is 226 g/mol. The van der Waals surface area contributed by atoms with Crippen LogP contribution >= 0.6 is 0 Å². The van der Waals surface area contributed by atoms with Crippen molar-refractivity contribution in [1.82, 2.24) is 29.7 Å². The van der Waals surface area contributed by atoms with Gasteiger partial charge in [0, 0.05) is 6.20 Å². The van der Waals surface area contributed by atoms with Gasteiger partial charge in [0.2, 0.25) is 5.95 Å². The summed E-state index contributed by atoms with van der Waals surface area (Å²) in [7, 11) is 0. The molecule has 0 aliphatic carbocycles. The molecule has 3 aromatic rings. The third-order valence-corrected chi connectivity index (χ3v) is 2.20. The van der Waals surface area contributed by atoms with Crippen LogP contribution in [0.4, 0.5) is 5.95 Å². The van der Waals surface area contributed by atoms with Crippen molar-refractivity contribution in [2.45, 2.75) is 0 Å². The summed E-state index contributed by atoms with van der Waals surface area (Å²) >= 11 is 0. The van der Waals surface area contributed by atoms with Crippen molar-refractivity contribution in [2.75, 3.05) is 5.73 Å². The van der Waals surface area contributed by atoms with Gasteiger partial charge in [0.05, 0.1) is 6.33 Å². The summed E-state index contributed by atoms with van der Waals surface area (Å²) in [6.07, 6.45) is 3.12. The number of nitrogens with zero attached hydrogens (tertiary/aromatic N) is 6. The molecule has 0 aliphatic heterocycles. The van der Waals surface area contributed by atoms with E-state index in [4.69, 9.17) is 11.0 Å². The molecule has 0 spiro atoms. The van der Waals surface area contributed by atoms with E-state index in [1.54, 1.807) is 12.3 Å². The molecule has 0 saturated heterocycles. The predicted molar refractivity (Wildman–Crippen MR) is 57.9 cm³/mol. The molecule has 3 aromatic heterocycles. The molecule has 82 valence electrons. The average Bonchev–Trinajstić information content (AvgIpc) is 2.95. The Bertz CT molecular complexity index is 731. The first-order chi connectivity index (χ1) is 8.28. The van der Waals surface area contributed by atoms with Gasteiger partial charge < -0.3 is 10.7 Å². The van der Waals surface area contributed by atoms with E-state index in [9.17, 15) is 0 Å². The molecule has 3 N–H and O–H groups in total. The standard InChI is InChI=1S/C9H6N8/c10-3-5-1-2-17(16-5)8-6-7(13-4-12-6)14-9(11)15-8/h1-2,4H,(H3,11,12,13,14,15). The van der Waals surface area contributed by atoms with Gasteiger partial charge in [0.1, 0.15) is 11.6 Å². The highest BCUT2D eigenvalue weighted by molar-refractivity contribution is 5.78. The molecule has 0 radical (unpaired) electrons. The van der Waals surface area contributed by atoms with E-state index in [2.05, 4.69) is 25.0 Å². The van der Waals surface area contributed by atoms with Gasteiger partial charge in [-0.1, -0.05) is 0 Å². The number of nitrogen functional groups attached to an aromatic ring is 1. The largest absolute Gasteiger partial charge is 0.368 e. The topological polar surface area (TPSA) is 122 Å². The highest BCUT2D eigenvalue weighted by Crippen LogP contribution is 2.16. The molecule has 0 fully saturated rings. The zero-order chi connectivity index (χ0) is 11.8. The number of hydrogen-bond acceptors (Lipinski definition) is 6. The third kappa shape index (κ3) is 1.37. The number of nitrogens with two attached hydrogens (primary N) is 1. The van der Waals surface area contributed by atoms with E-state index in [0.717, 1.165) is 0 Å². The lowest BCUT2D eigenvalue weighted by Crippen LogP contribution is -2.04. The molecule has 0 unspecified atom stereocenters. The zero-order valence-electron chi connectivity index (χ0n) is 8.49. The van der Waals surface area contributed by atoms with Gasteiger partial charge in [-0.25, -0.2) is 9.67 Å². The fraction of sp³-hybridized carbons (Fsp3) is 0. The molecule has 0 amide bonds. The summed E-state index contributed by atoms with van der Waals surface area (Å²) in [5, 5.41) is 12.8. The van der Waals surface area contributed by atoms with Gasteiger partial charge in [-0.15, -0.1) is 0 Å². The van der Waals surface area contributed by atoms with E-state index in [1.807, 2.05) is 6.07 Å². The lowest BCUT2D eigenvalue weighted by Gasteiger charge is -2.01. The van der Waals surface area contributed by atoms with Crippen LogP contribution in [0.25, 0.3) is 17.0 Å². The SMILES string of the molecule is N#Cc1ccn(-c2nc(N)nc3nc[nH]c23)n1. The zero-order valence-corrected chi connectivity index (χ0v) is 8.49. The molecule has 8 nitrogen and oxygen atoms in total. The van der Waals surface area contributed by atoms with Gasteiger partial charge in [-0.3, -0.25) is 0 Å². The molecular weight excluding hydrogens is 220 g/mol. The molecule has 0 saturated carbocycles. The smallest absolute Gasteiger partial charge is 0.224 e. The maximum absolute atomic E-state index is 8.72. The van der Waals surface area contributed by atoms with Gasteiger partial charge in [-0.05, 0) is 6.07 Å². The second-order valence-electron chi connectivity index (χ2n) is 3.26. The Kier molecular flexibility index (Phi) is 1.79. The first-order valence-electron chi connectivity index (χ1n) is 4.70. The first-order valence-corrected chi connectivity index (χ1v) is 4.70. The number of imidazole rings is 1. The Morgan fingerprint density at radius 3 is 3.06 bits per heavy atom. The van der Waals surface area contributed by atoms with Crippen molar-refractivity contribution in [3.63, 3.8) is 0 Å². The van der Waals surface area contributed by atoms with Crippen LogP contribution in [0, 0.1) is 11.3 Å². The number of aromatic nitrogens is 6. The van der Waals surface area contributed by atoms with Gasteiger partial charge in [-0.2, -0.15) is 20.3 Å². The Morgan fingerprint density at radius 1 is 1.41 bits per heavy atom.